The number of likely N-dealkylation sites (tertiary alicyclic amines) is 1. The van der Waals surface area contributed by atoms with E-state index >= 15 is 0 Å². The Morgan fingerprint density at radius 3 is 2.68 bits per heavy atom. The van der Waals surface area contributed by atoms with E-state index in [1.807, 2.05) is 23.2 Å². The molecule has 2 aliphatic rings. The van der Waals surface area contributed by atoms with Crippen LogP contribution in [0.25, 0.3) is 0 Å². The minimum Gasteiger partial charge on any atom is -0.340 e. The minimum absolute atomic E-state index is 0.0699. The predicted octanol–water partition coefficient (Wildman–Crippen LogP) is 0.966. The van der Waals surface area contributed by atoms with Gasteiger partial charge in [0.25, 0.3) is 0 Å². The number of rotatable bonds is 3. The van der Waals surface area contributed by atoms with Crippen LogP contribution in [-0.4, -0.2) is 45.4 Å². The fourth-order valence-electron chi connectivity index (χ4n) is 3.42. The number of aromatic nitrogens is 3. The van der Waals surface area contributed by atoms with E-state index in [1.165, 1.54) is 0 Å². The second-order valence-electron chi connectivity index (χ2n) is 5.90. The molecule has 1 amide bonds. The van der Waals surface area contributed by atoms with Crippen LogP contribution in [0, 0.1) is 11.8 Å². The van der Waals surface area contributed by atoms with Crippen molar-refractivity contribution in [1.29, 1.82) is 0 Å². The van der Waals surface area contributed by atoms with Crippen LogP contribution >= 0.6 is 0 Å². The Morgan fingerprint density at radius 1 is 1.09 bits per heavy atom. The summed E-state index contributed by atoms with van der Waals surface area (Å²) in [7, 11) is 0. The number of carbonyl (C=O) groups excluding carboxylic acids is 1. The first-order valence-corrected chi connectivity index (χ1v) is 7.51. The van der Waals surface area contributed by atoms with Gasteiger partial charge in [-0.15, -0.1) is 0 Å². The monoisotopic (exact) mass is 295 g/mol. The maximum Gasteiger partial charge on any atom is 0.228 e. The average molecular weight is 295 g/mol. The predicted molar refractivity (Wildman–Crippen MR) is 80.9 cm³/mol. The van der Waals surface area contributed by atoms with Crippen LogP contribution in [0.15, 0.2) is 43.0 Å². The van der Waals surface area contributed by atoms with Gasteiger partial charge < -0.3 is 9.80 Å². The first kappa shape index (κ1) is 13.2. The molecule has 0 unspecified atom stereocenters. The van der Waals surface area contributed by atoms with Crippen molar-refractivity contribution in [3.63, 3.8) is 0 Å². The van der Waals surface area contributed by atoms with Crippen LogP contribution in [0.1, 0.15) is 5.56 Å². The highest BCUT2D eigenvalue weighted by atomic mass is 16.2. The summed E-state index contributed by atoms with van der Waals surface area (Å²) >= 11 is 0. The summed E-state index contributed by atoms with van der Waals surface area (Å²) in [5, 5.41) is 0. The van der Waals surface area contributed by atoms with Crippen molar-refractivity contribution in [2.45, 2.75) is 6.54 Å². The molecule has 0 saturated carbocycles. The molecule has 22 heavy (non-hydrogen) atoms. The summed E-state index contributed by atoms with van der Waals surface area (Å²) in [6.07, 6.45) is 7.06. The largest absolute Gasteiger partial charge is 0.340 e. The quantitative estimate of drug-likeness (QED) is 0.844. The van der Waals surface area contributed by atoms with Gasteiger partial charge in [0.15, 0.2) is 0 Å². The molecule has 4 rings (SSSR count). The molecule has 0 aromatic carbocycles. The topological polar surface area (TPSA) is 62.2 Å². The Balaban J connectivity index is 1.44. The Kier molecular flexibility index (Phi) is 3.21. The summed E-state index contributed by atoms with van der Waals surface area (Å²) in [4.78, 5) is 29.4. The van der Waals surface area contributed by atoms with Crippen LogP contribution in [0.5, 0.6) is 0 Å². The number of pyridine rings is 1. The Labute approximate surface area is 128 Å². The van der Waals surface area contributed by atoms with E-state index in [9.17, 15) is 4.79 Å². The van der Waals surface area contributed by atoms with Crippen LogP contribution < -0.4 is 4.90 Å². The highest BCUT2D eigenvalue weighted by Gasteiger charge is 2.46. The van der Waals surface area contributed by atoms with E-state index in [0.29, 0.717) is 12.5 Å². The molecule has 112 valence electrons. The SMILES string of the molecule is O=C1[C@@H]2CN(c3ncccn3)C[C@@H]2CN1Cc1cccnc1. The van der Waals surface area contributed by atoms with Gasteiger partial charge in [0, 0.05) is 56.9 Å². The summed E-state index contributed by atoms with van der Waals surface area (Å²) < 4.78 is 0. The number of amides is 1. The second-order valence-corrected chi connectivity index (χ2v) is 5.90. The number of anilines is 1. The molecule has 0 N–H and O–H groups in total. The average Bonchev–Trinajstić information content (AvgIpc) is 3.10. The van der Waals surface area contributed by atoms with Gasteiger partial charge in [-0.05, 0) is 17.7 Å². The normalized spacial score (nSPS) is 23.9. The second kappa shape index (κ2) is 5.36. The molecule has 2 atom stereocenters. The highest BCUT2D eigenvalue weighted by Crippen LogP contribution is 2.34. The van der Waals surface area contributed by atoms with Crippen LogP contribution in [0.2, 0.25) is 0 Å². The van der Waals surface area contributed by atoms with Gasteiger partial charge in [0.2, 0.25) is 11.9 Å². The molecule has 0 spiro atoms. The maximum absolute atomic E-state index is 12.6. The molecule has 6 heteroatoms. The summed E-state index contributed by atoms with van der Waals surface area (Å²) in [5.41, 5.74) is 1.08. The first-order chi connectivity index (χ1) is 10.8. The number of hydrogen-bond acceptors (Lipinski definition) is 5. The van der Waals surface area contributed by atoms with E-state index in [4.69, 9.17) is 0 Å². The standard InChI is InChI=1S/C16H17N5O/c22-15-14-11-21(16-18-5-2-6-19-16)10-13(14)9-20(15)8-12-3-1-4-17-7-12/h1-7,13-14H,8-11H2/t13-,14+/m0/s1. The molecule has 0 bridgehead atoms. The number of fused-ring (bicyclic) bond motifs is 1. The fraction of sp³-hybridized carbons (Fsp3) is 0.375. The van der Waals surface area contributed by atoms with Crippen LogP contribution in [0.4, 0.5) is 5.95 Å². The number of hydrogen-bond donors (Lipinski definition) is 0. The Bertz CT molecular complexity index is 663. The molecule has 0 aliphatic carbocycles. The van der Waals surface area contributed by atoms with Gasteiger partial charge >= 0.3 is 0 Å². The van der Waals surface area contributed by atoms with Gasteiger partial charge in [0.05, 0.1) is 5.92 Å². The smallest absolute Gasteiger partial charge is 0.228 e. The van der Waals surface area contributed by atoms with Crippen molar-refractivity contribution in [3.8, 4) is 0 Å². The molecule has 2 aromatic heterocycles. The summed E-state index contributed by atoms with van der Waals surface area (Å²) in [6, 6.07) is 5.73. The van der Waals surface area contributed by atoms with E-state index in [-0.39, 0.29) is 11.8 Å². The minimum atomic E-state index is 0.0699. The lowest BCUT2D eigenvalue weighted by atomic mass is 10.0. The number of carbonyl (C=O) groups is 1. The molecule has 2 aromatic rings. The van der Waals surface area contributed by atoms with Crippen molar-refractivity contribution in [1.82, 2.24) is 19.9 Å². The molecule has 2 aliphatic heterocycles. The third-order valence-corrected chi connectivity index (χ3v) is 4.46. The molecular weight excluding hydrogens is 278 g/mol. The summed E-state index contributed by atoms with van der Waals surface area (Å²) in [5.74, 6) is 1.41. The van der Waals surface area contributed by atoms with E-state index < -0.39 is 0 Å². The van der Waals surface area contributed by atoms with Gasteiger partial charge in [0.1, 0.15) is 0 Å². The Morgan fingerprint density at radius 2 is 1.95 bits per heavy atom. The van der Waals surface area contributed by atoms with E-state index in [0.717, 1.165) is 31.1 Å². The molecular formula is C16H17N5O. The molecule has 0 radical (unpaired) electrons. The van der Waals surface area contributed by atoms with Gasteiger partial charge in [-0.3, -0.25) is 9.78 Å². The maximum atomic E-state index is 12.6. The van der Waals surface area contributed by atoms with E-state index in [1.54, 1.807) is 24.7 Å². The zero-order valence-corrected chi connectivity index (χ0v) is 12.2. The van der Waals surface area contributed by atoms with Crippen LogP contribution in [0.3, 0.4) is 0 Å². The lowest BCUT2D eigenvalue weighted by molar-refractivity contribution is -0.131. The van der Waals surface area contributed by atoms with Crippen LogP contribution in [-0.2, 0) is 11.3 Å². The highest BCUT2D eigenvalue weighted by molar-refractivity contribution is 5.83. The zero-order valence-electron chi connectivity index (χ0n) is 12.2. The van der Waals surface area contributed by atoms with Crippen molar-refractivity contribution in [3.05, 3.63) is 48.5 Å². The first-order valence-electron chi connectivity index (χ1n) is 7.51. The fourth-order valence-corrected chi connectivity index (χ4v) is 3.42. The zero-order chi connectivity index (χ0) is 14.9. The van der Waals surface area contributed by atoms with E-state index in [2.05, 4.69) is 19.9 Å². The van der Waals surface area contributed by atoms with Crippen molar-refractivity contribution >= 4 is 11.9 Å². The molecule has 2 saturated heterocycles. The molecule has 2 fully saturated rings. The third kappa shape index (κ3) is 2.30. The summed E-state index contributed by atoms with van der Waals surface area (Å²) in [6.45, 7) is 3.03. The van der Waals surface area contributed by atoms with Gasteiger partial charge in [-0.2, -0.15) is 0 Å². The number of nitrogens with zero attached hydrogens (tertiary/aromatic N) is 5. The molecule has 4 heterocycles. The van der Waals surface area contributed by atoms with Crippen molar-refractivity contribution < 1.29 is 4.79 Å². The van der Waals surface area contributed by atoms with Crippen molar-refractivity contribution in [2.75, 3.05) is 24.5 Å². The van der Waals surface area contributed by atoms with Gasteiger partial charge in [-0.1, -0.05) is 6.07 Å². The lowest BCUT2D eigenvalue weighted by Crippen LogP contribution is -2.33. The van der Waals surface area contributed by atoms with Crippen molar-refractivity contribution in [2.24, 2.45) is 11.8 Å². The third-order valence-electron chi connectivity index (χ3n) is 4.46. The molecule has 6 nitrogen and oxygen atoms in total. The Hall–Kier alpha value is -2.50. The lowest BCUT2D eigenvalue weighted by Gasteiger charge is -2.21. The van der Waals surface area contributed by atoms with Gasteiger partial charge in [-0.25, -0.2) is 9.97 Å².